The molecule has 0 aliphatic carbocycles. The summed E-state index contributed by atoms with van der Waals surface area (Å²) in [6, 6.07) is 14.6. The Morgan fingerprint density at radius 1 is 1.22 bits per heavy atom. The van der Waals surface area contributed by atoms with E-state index in [9.17, 15) is 4.79 Å². The summed E-state index contributed by atoms with van der Waals surface area (Å²) < 4.78 is 2.09. The smallest absolute Gasteiger partial charge is 0.251 e. The fourth-order valence-corrected chi connectivity index (χ4v) is 2.45. The number of benzene rings is 1. The maximum Gasteiger partial charge on any atom is 0.251 e. The number of nitrogens with zero attached hydrogens (tertiary/aromatic N) is 3. The van der Waals surface area contributed by atoms with Crippen molar-refractivity contribution in [2.24, 2.45) is 0 Å². The van der Waals surface area contributed by atoms with Gasteiger partial charge in [-0.1, -0.05) is 0 Å². The van der Waals surface area contributed by atoms with Gasteiger partial charge in [0.05, 0.1) is 11.6 Å². The van der Waals surface area contributed by atoms with Gasteiger partial charge >= 0.3 is 0 Å². The molecule has 23 heavy (non-hydrogen) atoms. The number of rotatable bonds is 5. The Morgan fingerprint density at radius 2 is 2.04 bits per heavy atom. The lowest BCUT2D eigenvalue weighted by atomic mass is 10.1. The third-order valence-corrected chi connectivity index (χ3v) is 3.66. The van der Waals surface area contributed by atoms with Crippen LogP contribution in [0, 0.1) is 11.3 Å². The monoisotopic (exact) mass is 304 g/mol. The van der Waals surface area contributed by atoms with E-state index >= 15 is 0 Å². The molecule has 0 radical (unpaired) electrons. The number of aryl methyl sites for hydroxylation is 1. The van der Waals surface area contributed by atoms with E-state index in [0.29, 0.717) is 17.7 Å². The molecule has 0 spiro atoms. The van der Waals surface area contributed by atoms with E-state index in [-0.39, 0.29) is 5.91 Å². The van der Waals surface area contributed by atoms with Crippen molar-refractivity contribution >= 4 is 16.9 Å². The van der Waals surface area contributed by atoms with Crippen LogP contribution in [0.4, 0.5) is 0 Å². The molecular weight excluding hydrogens is 288 g/mol. The number of hydrogen-bond donors (Lipinski definition) is 1. The van der Waals surface area contributed by atoms with Gasteiger partial charge in [0.25, 0.3) is 5.91 Å². The van der Waals surface area contributed by atoms with Gasteiger partial charge < -0.3 is 9.88 Å². The van der Waals surface area contributed by atoms with Gasteiger partial charge in [0.1, 0.15) is 5.65 Å². The number of aromatic nitrogens is 2. The quantitative estimate of drug-likeness (QED) is 0.737. The minimum Gasteiger partial charge on any atom is -0.352 e. The highest BCUT2D eigenvalue weighted by molar-refractivity contribution is 5.94. The summed E-state index contributed by atoms with van der Waals surface area (Å²) >= 11 is 0. The summed E-state index contributed by atoms with van der Waals surface area (Å²) in [6.07, 6.45) is 4.62. The topological polar surface area (TPSA) is 70.7 Å². The Bertz CT molecular complexity index is 859. The number of carbonyl (C=O) groups excluding carboxylic acids is 1. The van der Waals surface area contributed by atoms with Crippen LogP contribution < -0.4 is 5.32 Å². The lowest BCUT2D eigenvalue weighted by Crippen LogP contribution is -2.25. The Balaban J connectivity index is 1.51. The van der Waals surface area contributed by atoms with Crippen LogP contribution in [0.1, 0.15) is 22.3 Å². The van der Waals surface area contributed by atoms with Crippen LogP contribution >= 0.6 is 0 Å². The standard InChI is InChI=1S/C18H16N4O/c19-13-14-4-6-16(7-5-14)18(23)21-10-2-11-22-12-8-15-3-1-9-20-17(15)22/h1,3-9,12H,2,10-11H2,(H,21,23). The summed E-state index contributed by atoms with van der Waals surface area (Å²) in [5.41, 5.74) is 2.08. The second kappa shape index (κ2) is 6.75. The summed E-state index contributed by atoms with van der Waals surface area (Å²) in [5.74, 6) is -0.120. The number of fused-ring (bicyclic) bond motifs is 1. The number of amides is 1. The molecule has 0 atom stereocenters. The molecular formula is C18H16N4O. The van der Waals surface area contributed by atoms with Crippen molar-refractivity contribution in [2.45, 2.75) is 13.0 Å². The summed E-state index contributed by atoms with van der Waals surface area (Å²) in [6.45, 7) is 1.39. The zero-order chi connectivity index (χ0) is 16.1. The first-order valence-corrected chi connectivity index (χ1v) is 7.46. The molecule has 0 saturated heterocycles. The average molecular weight is 304 g/mol. The second-order valence-electron chi connectivity index (χ2n) is 5.22. The van der Waals surface area contributed by atoms with Crippen LogP contribution in [0.15, 0.2) is 54.9 Å². The Hall–Kier alpha value is -3.13. The van der Waals surface area contributed by atoms with Gasteiger partial charge in [-0.15, -0.1) is 0 Å². The molecule has 1 N–H and O–H groups in total. The zero-order valence-corrected chi connectivity index (χ0v) is 12.6. The number of nitrogens with one attached hydrogen (secondary N) is 1. The van der Waals surface area contributed by atoms with Crippen LogP contribution in [0.5, 0.6) is 0 Å². The van der Waals surface area contributed by atoms with E-state index in [0.717, 1.165) is 24.0 Å². The van der Waals surface area contributed by atoms with E-state index in [2.05, 4.69) is 14.9 Å². The van der Waals surface area contributed by atoms with Gasteiger partial charge in [0.2, 0.25) is 0 Å². The average Bonchev–Trinajstić information content (AvgIpc) is 3.02. The van der Waals surface area contributed by atoms with E-state index in [1.165, 1.54) is 0 Å². The number of hydrogen-bond acceptors (Lipinski definition) is 3. The predicted octanol–water partition coefficient (Wildman–Crippen LogP) is 2.73. The van der Waals surface area contributed by atoms with Gasteiger partial charge in [-0.3, -0.25) is 4.79 Å². The third kappa shape index (κ3) is 3.38. The van der Waals surface area contributed by atoms with Crippen molar-refractivity contribution in [1.82, 2.24) is 14.9 Å². The number of carbonyl (C=O) groups is 1. The van der Waals surface area contributed by atoms with E-state index in [4.69, 9.17) is 5.26 Å². The highest BCUT2D eigenvalue weighted by atomic mass is 16.1. The molecule has 1 aromatic carbocycles. The minimum atomic E-state index is -0.120. The molecule has 0 saturated carbocycles. The van der Waals surface area contributed by atoms with Crippen LogP contribution in [0.3, 0.4) is 0 Å². The molecule has 0 aliphatic rings. The zero-order valence-electron chi connectivity index (χ0n) is 12.6. The maximum absolute atomic E-state index is 12.0. The molecule has 0 unspecified atom stereocenters. The molecule has 2 heterocycles. The van der Waals surface area contributed by atoms with Crippen molar-refractivity contribution in [1.29, 1.82) is 5.26 Å². The molecule has 3 aromatic rings. The highest BCUT2D eigenvalue weighted by Gasteiger charge is 2.05. The summed E-state index contributed by atoms with van der Waals surface area (Å²) in [7, 11) is 0. The van der Waals surface area contributed by atoms with Gasteiger partial charge in [0, 0.05) is 36.4 Å². The lowest BCUT2D eigenvalue weighted by Gasteiger charge is -2.07. The van der Waals surface area contributed by atoms with Gasteiger partial charge in [-0.2, -0.15) is 5.26 Å². The summed E-state index contributed by atoms with van der Waals surface area (Å²) in [5, 5.41) is 12.8. The van der Waals surface area contributed by atoms with E-state index < -0.39 is 0 Å². The lowest BCUT2D eigenvalue weighted by molar-refractivity contribution is 0.0953. The molecule has 1 amide bonds. The number of nitriles is 1. The first-order chi connectivity index (χ1) is 11.3. The van der Waals surface area contributed by atoms with Crippen molar-refractivity contribution in [3.05, 3.63) is 66.0 Å². The van der Waals surface area contributed by atoms with Crippen molar-refractivity contribution in [2.75, 3.05) is 6.54 Å². The minimum absolute atomic E-state index is 0.120. The maximum atomic E-state index is 12.0. The first-order valence-electron chi connectivity index (χ1n) is 7.46. The predicted molar refractivity (Wildman–Crippen MR) is 87.8 cm³/mol. The van der Waals surface area contributed by atoms with Crippen molar-refractivity contribution < 1.29 is 4.79 Å². The molecule has 5 nitrogen and oxygen atoms in total. The first kappa shape index (κ1) is 14.8. The largest absolute Gasteiger partial charge is 0.352 e. The number of pyridine rings is 1. The molecule has 0 aliphatic heterocycles. The van der Waals surface area contributed by atoms with Crippen molar-refractivity contribution in [3.8, 4) is 6.07 Å². The van der Waals surface area contributed by atoms with Gasteiger partial charge in [-0.05, 0) is 48.9 Å². The van der Waals surface area contributed by atoms with Crippen LogP contribution in [0.2, 0.25) is 0 Å². The van der Waals surface area contributed by atoms with Gasteiger partial charge in [0.15, 0.2) is 0 Å². The third-order valence-electron chi connectivity index (χ3n) is 3.66. The fourth-order valence-electron chi connectivity index (χ4n) is 2.45. The van der Waals surface area contributed by atoms with Crippen LogP contribution in [-0.2, 0) is 6.54 Å². The second-order valence-corrected chi connectivity index (χ2v) is 5.22. The molecule has 114 valence electrons. The van der Waals surface area contributed by atoms with Crippen molar-refractivity contribution in [3.63, 3.8) is 0 Å². The van der Waals surface area contributed by atoms with E-state index in [1.54, 1.807) is 30.5 Å². The molecule has 3 rings (SSSR count). The Labute approximate surface area is 134 Å². The van der Waals surface area contributed by atoms with Gasteiger partial charge in [-0.25, -0.2) is 4.98 Å². The molecule has 5 heteroatoms. The van der Waals surface area contributed by atoms with Crippen LogP contribution in [-0.4, -0.2) is 22.0 Å². The normalized spacial score (nSPS) is 10.4. The summed E-state index contributed by atoms with van der Waals surface area (Å²) in [4.78, 5) is 16.4. The SMILES string of the molecule is N#Cc1ccc(C(=O)NCCCn2ccc3cccnc32)cc1. The van der Waals surface area contributed by atoms with E-state index in [1.807, 2.05) is 30.5 Å². The van der Waals surface area contributed by atoms with Crippen LogP contribution in [0.25, 0.3) is 11.0 Å². The molecule has 0 bridgehead atoms. The fraction of sp³-hybridized carbons (Fsp3) is 0.167. The highest BCUT2D eigenvalue weighted by Crippen LogP contribution is 2.12. The molecule has 0 fully saturated rings. The Kier molecular flexibility index (Phi) is 4.34. The Morgan fingerprint density at radius 3 is 2.83 bits per heavy atom. The molecule has 2 aromatic heterocycles.